The van der Waals surface area contributed by atoms with Crippen molar-refractivity contribution in [3.8, 4) is 12.3 Å². The minimum Gasteiger partial charge on any atom is -0.396 e. The summed E-state index contributed by atoms with van der Waals surface area (Å²) in [6.45, 7) is 4.55. The molecule has 0 spiro atoms. The highest BCUT2D eigenvalue weighted by atomic mass is 16.5. The van der Waals surface area contributed by atoms with Crippen molar-refractivity contribution in [3.63, 3.8) is 0 Å². The number of terminal acetylenes is 1. The van der Waals surface area contributed by atoms with Crippen molar-refractivity contribution in [1.82, 2.24) is 0 Å². The Morgan fingerprint density at radius 1 is 1.45 bits per heavy atom. The first kappa shape index (κ1) is 10.5. The van der Waals surface area contributed by atoms with Crippen LogP contribution in [0.1, 0.15) is 26.7 Å². The normalized spacial score (nSPS) is 11.1. The molecule has 2 nitrogen and oxygen atoms in total. The van der Waals surface area contributed by atoms with Crippen LogP contribution in [0.4, 0.5) is 0 Å². The lowest BCUT2D eigenvalue weighted by molar-refractivity contribution is 0.0233. The number of aliphatic hydroxyl groups is 1. The lowest BCUT2D eigenvalue weighted by Crippen LogP contribution is -2.22. The largest absolute Gasteiger partial charge is 0.396 e. The summed E-state index contributed by atoms with van der Waals surface area (Å²) in [5.74, 6) is 2.53. The van der Waals surface area contributed by atoms with Crippen molar-refractivity contribution in [3.05, 3.63) is 0 Å². The van der Waals surface area contributed by atoms with Gasteiger partial charge in [-0.15, -0.1) is 6.42 Å². The summed E-state index contributed by atoms with van der Waals surface area (Å²) in [5, 5.41) is 8.46. The summed E-state index contributed by atoms with van der Waals surface area (Å²) < 4.78 is 5.33. The van der Waals surface area contributed by atoms with E-state index < -0.39 is 5.60 Å². The second kappa shape index (κ2) is 5.17. The monoisotopic (exact) mass is 156 g/mol. The molecule has 11 heavy (non-hydrogen) atoms. The van der Waals surface area contributed by atoms with Gasteiger partial charge in [0.2, 0.25) is 0 Å². The van der Waals surface area contributed by atoms with Gasteiger partial charge in [0.05, 0.1) is 0 Å². The summed E-state index contributed by atoms with van der Waals surface area (Å²) in [6, 6.07) is 0. The second-order valence-corrected chi connectivity index (χ2v) is 2.93. The van der Waals surface area contributed by atoms with Crippen LogP contribution in [0.3, 0.4) is 0 Å². The third kappa shape index (κ3) is 5.90. The number of unbranched alkanes of at least 4 members (excludes halogenated alkanes) is 1. The minimum atomic E-state index is -0.463. The van der Waals surface area contributed by atoms with E-state index >= 15 is 0 Å². The fraction of sp³-hybridized carbons (Fsp3) is 0.778. The molecule has 0 aromatic heterocycles. The molecule has 2 heteroatoms. The van der Waals surface area contributed by atoms with Crippen molar-refractivity contribution in [2.45, 2.75) is 32.3 Å². The molecule has 0 atom stereocenters. The van der Waals surface area contributed by atoms with Gasteiger partial charge in [0.15, 0.2) is 0 Å². The number of hydrogen-bond donors (Lipinski definition) is 1. The van der Waals surface area contributed by atoms with E-state index in [0.717, 1.165) is 12.8 Å². The Morgan fingerprint density at radius 2 is 2.09 bits per heavy atom. The molecule has 0 aliphatic carbocycles. The number of ether oxygens (including phenoxy) is 1. The first-order chi connectivity index (χ1) is 5.12. The van der Waals surface area contributed by atoms with E-state index in [9.17, 15) is 0 Å². The average Bonchev–Trinajstić information content (AvgIpc) is 1.99. The Balaban J connectivity index is 3.32. The quantitative estimate of drug-likeness (QED) is 0.478. The molecule has 0 aromatic rings. The van der Waals surface area contributed by atoms with Gasteiger partial charge >= 0.3 is 0 Å². The maximum absolute atomic E-state index is 8.46. The summed E-state index contributed by atoms with van der Waals surface area (Å²) in [4.78, 5) is 0. The van der Waals surface area contributed by atoms with Crippen molar-refractivity contribution >= 4 is 0 Å². The van der Waals surface area contributed by atoms with Crippen molar-refractivity contribution < 1.29 is 9.84 Å². The van der Waals surface area contributed by atoms with E-state index in [-0.39, 0.29) is 6.61 Å². The molecule has 0 rings (SSSR count). The Labute approximate surface area is 68.6 Å². The zero-order valence-corrected chi connectivity index (χ0v) is 7.26. The highest BCUT2D eigenvalue weighted by Gasteiger charge is 2.12. The zero-order valence-electron chi connectivity index (χ0n) is 7.26. The highest BCUT2D eigenvalue weighted by molar-refractivity contribution is 5.02. The fourth-order valence-electron chi connectivity index (χ4n) is 0.583. The van der Waals surface area contributed by atoms with Crippen LogP contribution in [-0.2, 0) is 4.74 Å². The predicted octanol–water partition coefficient (Wildman–Crippen LogP) is 1.19. The summed E-state index contributed by atoms with van der Waals surface area (Å²) >= 11 is 0. The Morgan fingerprint density at radius 3 is 2.55 bits per heavy atom. The third-order valence-electron chi connectivity index (χ3n) is 1.36. The summed E-state index contributed by atoms with van der Waals surface area (Å²) in [6.07, 6.45) is 6.84. The van der Waals surface area contributed by atoms with Crippen molar-refractivity contribution in [2.75, 3.05) is 13.2 Å². The van der Waals surface area contributed by atoms with Gasteiger partial charge in [0, 0.05) is 13.2 Å². The smallest absolute Gasteiger partial charge is 0.122 e. The molecule has 0 aliphatic rings. The SMILES string of the molecule is C#CC(C)(C)OCCCCO. The average molecular weight is 156 g/mol. The van der Waals surface area contributed by atoms with E-state index in [2.05, 4.69) is 5.92 Å². The lowest BCUT2D eigenvalue weighted by Gasteiger charge is -2.17. The van der Waals surface area contributed by atoms with Crippen LogP contribution in [-0.4, -0.2) is 23.9 Å². The molecular formula is C9H16O2. The fourth-order valence-corrected chi connectivity index (χ4v) is 0.583. The maximum atomic E-state index is 8.46. The van der Waals surface area contributed by atoms with E-state index in [4.69, 9.17) is 16.3 Å². The number of rotatable bonds is 5. The Bertz CT molecular complexity index is 133. The van der Waals surface area contributed by atoms with Gasteiger partial charge in [-0.05, 0) is 26.7 Å². The van der Waals surface area contributed by atoms with Gasteiger partial charge in [-0.2, -0.15) is 0 Å². The highest BCUT2D eigenvalue weighted by Crippen LogP contribution is 2.07. The third-order valence-corrected chi connectivity index (χ3v) is 1.36. The van der Waals surface area contributed by atoms with Crippen LogP contribution in [0, 0.1) is 12.3 Å². The molecule has 0 heterocycles. The first-order valence-corrected chi connectivity index (χ1v) is 3.85. The maximum Gasteiger partial charge on any atom is 0.122 e. The molecule has 0 bridgehead atoms. The summed E-state index contributed by atoms with van der Waals surface area (Å²) in [5.41, 5.74) is -0.463. The molecule has 0 saturated carbocycles. The van der Waals surface area contributed by atoms with E-state index in [1.807, 2.05) is 13.8 Å². The molecule has 64 valence electrons. The van der Waals surface area contributed by atoms with E-state index in [1.165, 1.54) is 0 Å². The van der Waals surface area contributed by atoms with Crippen LogP contribution in [0.25, 0.3) is 0 Å². The van der Waals surface area contributed by atoms with E-state index in [0.29, 0.717) is 6.61 Å². The molecule has 1 N–H and O–H groups in total. The van der Waals surface area contributed by atoms with Crippen molar-refractivity contribution in [1.29, 1.82) is 0 Å². The van der Waals surface area contributed by atoms with Crippen LogP contribution in [0.2, 0.25) is 0 Å². The lowest BCUT2D eigenvalue weighted by atomic mass is 10.1. The molecular weight excluding hydrogens is 140 g/mol. The number of hydrogen-bond acceptors (Lipinski definition) is 2. The standard InChI is InChI=1S/C9H16O2/c1-4-9(2,3)11-8-6-5-7-10/h1,10H,5-8H2,2-3H3. The minimum absolute atomic E-state index is 0.222. The number of aliphatic hydroxyl groups excluding tert-OH is 1. The molecule has 0 radical (unpaired) electrons. The van der Waals surface area contributed by atoms with Gasteiger partial charge in [0.1, 0.15) is 5.60 Å². The van der Waals surface area contributed by atoms with Crippen molar-refractivity contribution in [2.24, 2.45) is 0 Å². The van der Waals surface area contributed by atoms with Gasteiger partial charge in [-0.3, -0.25) is 0 Å². The molecule has 0 unspecified atom stereocenters. The molecule has 0 amide bonds. The van der Waals surface area contributed by atoms with Gasteiger partial charge in [0.25, 0.3) is 0 Å². The Kier molecular flexibility index (Phi) is 4.93. The van der Waals surface area contributed by atoms with Gasteiger partial charge in [-0.25, -0.2) is 0 Å². The van der Waals surface area contributed by atoms with Crippen LogP contribution >= 0.6 is 0 Å². The van der Waals surface area contributed by atoms with Crippen LogP contribution < -0.4 is 0 Å². The zero-order chi connectivity index (χ0) is 8.74. The first-order valence-electron chi connectivity index (χ1n) is 3.85. The molecule has 0 aliphatic heterocycles. The Hall–Kier alpha value is -0.520. The molecule has 0 fully saturated rings. The topological polar surface area (TPSA) is 29.5 Å². The van der Waals surface area contributed by atoms with Crippen LogP contribution in [0.15, 0.2) is 0 Å². The molecule has 0 aromatic carbocycles. The van der Waals surface area contributed by atoms with E-state index in [1.54, 1.807) is 0 Å². The van der Waals surface area contributed by atoms with Gasteiger partial charge in [-0.1, -0.05) is 5.92 Å². The second-order valence-electron chi connectivity index (χ2n) is 2.93. The molecule has 0 saturated heterocycles. The van der Waals surface area contributed by atoms with Gasteiger partial charge < -0.3 is 9.84 Å². The summed E-state index contributed by atoms with van der Waals surface area (Å²) in [7, 11) is 0. The van der Waals surface area contributed by atoms with Crippen LogP contribution in [0.5, 0.6) is 0 Å². The predicted molar refractivity (Wildman–Crippen MR) is 45.2 cm³/mol.